The minimum Gasteiger partial charge on any atom is -0.352 e. The van der Waals surface area contributed by atoms with Gasteiger partial charge in [-0.05, 0) is 25.1 Å². The summed E-state index contributed by atoms with van der Waals surface area (Å²) in [5, 5.41) is 8.54. The maximum atomic E-state index is 12.1. The Labute approximate surface area is 132 Å². The average Bonchev–Trinajstić information content (AvgIpc) is 2.43. The largest absolute Gasteiger partial charge is 0.352 e. The van der Waals surface area contributed by atoms with Gasteiger partial charge < -0.3 is 16.0 Å². The van der Waals surface area contributed by atoms with Crippen LogP contribution < -0.4 is 16.0 Å². The molecule has 0 bridgehead atoms. The van der Waals surface area contributed by atoms with Crippen LogP contribution in [0, 0.1) is 5.92 Å². The summed E-state index contributed by atoms with van der Waals surface area (Å²) in [5.74, 6) is 0.114. The SMILES string of the molecule is CNCCC(=O)Nc1ccccc1C(=O)NCC(C)C.Cl. The summed E-state index contributed by atoms with van der Waals surface area (Å²) < 4.78 is 0. The van der Waals surface area contributed by atoms with Crippen molar-refractivity contribution in [3.05, 3.63) is 29.8 Å². The van der Waals surface area contributed by atoms with Crippen molar-refractivity contribution in [2.24, 2.45) is 5.92 Å². The fraction of sp³-hybridized carbons (Fsp3) is 0.467. The van der Waals surface area contributed by atoms with Crippen LogP contribution in [0.3, 0.4) is 0 Å². The molecule has 0 heterocycles. The van der Waals surface area contributed by atoms with E-state index >= 15 is 0 Å². The highest BCUT2D eigenvalue weighted by Crippen LogP contribution is 2.15. The summed E-state index contributed by atoms with van der Waals surface area (Å²) in [6.45, 7) is 5.28. The maximum Gasteiger partial charge on any atom is 0.253 e. The highest BCUT2D eigenvalue weighted by Gasteiger charge is 2.12. The number of nitrogens with one attached hydrogen (secondary N) is 3. The van der Waals surface area contributed by atoms with E-state index in [-0.39, 0.29) is 24.2 Å². The maximum absolute atomic E-state index is 12.1. The number of hydrogen-bond donors (Lipinski definition) is 3. The van der Waals surface area contributed by atoms with Gasteiger partial charge in [-0.25, -0.2) is 0 Å². The smallest absolute Gasteiger partial charge is 0.253 e. The normalized spacial score (nSPS) is 9.90. The van der Waals surface area contributed by atoms with Gasteiger partial charge in [-0.3, -0.25) is 9.59 Å². The molecular weight excluding hydrogens is 290 g/mol. The lowest BCUT2D eigenvalue weighted by atomic mass is 10.1. The quantitative estimate of drug-likeness (QED) is 0.721. The Hall–Kier alpha value is -1.59. The Morgan fingerprint density at radius 3 is 2.48 bits per heavy atom. The van der Waals surface area contributed by atoms with Gasteiger partial charge in [0.05, 0.1) is 11.3 Å². The number of para-hydroxylation sites is 1. The minimum absolute atomic E-state index is 0. The number of rotatable bonds is 7. The standard InChI is InChI=1S/C15H23N3O2.ClH/c1-11(2)10-17-15(20)12-6-4-5-7-13(12)18-14(19)8-9-16-3;/h4-7,11,16H,8-10H2,1-3H3,(H,17,20)(H,18,19);1H. The van der Waals surface area contributed by atoms with Crippen LogP contribution in [0.2, 0.25) is 0 Å². The molecule has 3 N–H and O–H groups in total. The van der Waals surface area contributed by atoms with E-state index < -0.39 is 0 Å². The predicted molar refractivity (Wildman–Crippen MR) is 88.0 cm³/mol. The Balaban J connectivity index is 0.00000400. The van der Waals surface area contributed by atoms with Crippen molar-refractivity contribution in [3.63, 3.8) is 0 Å². The van der Waals surface area contributed by atoms with Crippen LogP contribution in [0.25, 0.3) is 0 Å². The van der Waals surface area contributed by atoms with Crippen molar-refractivity contribution in [1.29, 1.82) is 0 Å². The van der Waals surface area contributed by atoms with E-state index in [1.165, 1.54) is 0 Å². The van der Waals surface area contributed by atoms with Crippen LogP contribution in [0.5, 0.6) is 0 Å². The summed E-state index contributed by atoms with van der Waals surface area (Å²) in [6.07, 6.45) is 0.373. The number of amides is 2. The Morgan fingerprint density at radius 2 is 1.86 bits per heavy atom. The van der Waals surface area contributed by atoms with Crippen LogP contribution in [-0.4, -0.2) is 32.0 Å². The molecule has 118 valence electrons. The lowest BCUT2D eigenvalue weighted by molar-refractivity contribution is -0.116. The third kappa shape index (κ3) is 7.11. The zero-order valence-electron chi connectivity index (χ0n) is 12.7. The second kappa shape index (κ2) is 10.2. The lowest BCUT2D eigenvalue weighted by Gasteiger charge is -2.12. The highest BCUT2D eigenvalue weighted by molar-refractivity contribution is 6.03. The molecule has 0 aliphatic carbocycles. The first-order valence-corrected chi connectivity index (χ1v) is 6.86. The van der Waals surface area contributed by atoms with E-state index in [2.05, 4.69) is 16.0 Å². The first-order chi connectivity index (χ1) is 9.54. The van der Waals surface area contributed by atoms with Gasteiger partial charge in [0.25, 0.3) is 5.91 Å². The summed E-state index contributed by atoms with van der Waals surface area (Å²) in [4.78, 5) is 23.8. The fourth-order valence-electron chi connectivity index (χ4n) is 1.63. The van der Waals surface area contributed by atoms with Gasteiger partial charge in [-0.1, -0.05) is 26.0 Å². The lowest BCUT2D eigenvalue weighted by Crippen LogP contribution is -2.28. The molecule has 0 aliphatic heterocycles. The Bertz CT molecular complexity index is 464. The molecule has 21 heavy (non-hydrogen) atoms. The predicted octanol–water partition coefficient (Wildman–Crippen LogP) is 2.04. The van der Waals surface area contributed by atoms with Gasteiger partial charge in [0.15, 0.2) is 0 Å². The van der Waals surface area contributed by atoms with Crippen LogP contribution in [-0.2, 0) is 4.79 Å². The van der Waals surface area contributed by atoms with Crippen LogP contribution in [0.15, 0.2) is 24.3 Å². The van der Waals surface area contributed by atoms with Crippen molar-refractivity contribution in [1.82, 2.24) is 10.6 Å². The molecular formula is C15H24ClN3O2. The van der Waals surface area contributed by atoms with Crippen LogP contribution >= 0.6 is 12.4 Å². The molecule has 0 saturated carbocycles. The van der Waals surface area contributed by atoms with Gasteiger partial charge in [-0.2, -0.15) is 0 Å². The van der Waals surface area contributed by atoms with Gasteiger partial charge in [-0.15, -0.1) is 12.4 Å². The molecule has 1 aromatic carbocycles. The first-order valence-electron chi connectivity index (χ1n) is 6.86. The summed E-state index contributed by atoms with van der Waals surface area (Å²) in [7, 11) is 1.79. The zero-order valence-corrected chi connectivity index (χ0v) is 13.5. The van der Waals surface area contributed by atoms with E-state index in [4.69, 9.17) is 0 Å². The molecule has 1 aromatic rings. The van der Waals surface area contributed by atoms with Gasteiger partial charge in [0, 0.05) is 19.5 Å². The zero-order chi connectivity index (χ0) is 15.0. The summed E-state index contributed by atoms with van der Waals surface area (Å²) in [5.41, 5.74) is 1.04. The second-order valence-electron chi connectivity index (χ2n) is 5.05. The topological polar surface area (TPSA) is 70.2 Å². The molecule has 2 amide bonds. The summed E-state index contributed by atoms with van der Waals surface area (Å²) >= 11 is 0. The highest BCUT2D eigenvalue weighted by atomic mass is 35.5. The van der Waals surface area contributed by atoms with E-state index in [9.17, 15) is 9.59 Å². The van der Waals surface area contributed by atoms with Crippen molar-refractivity contribution in [2.75, 3.05) is 25.5 Å². The number of halogens is 1. The minimum atomic E-state index is -0.164. The number of hydrogen-bond acceptors (Lipinski definition) is 3. The third-order valence-corrected chi connectivity index (χ3v) is 2.72. The summed E-state index contributed by atoms with van der Waals surface area (Å²) in [6, 6.07) is 7.03. The van der Waals surface area contributed by atoms with Crippen LogP contribution in [0.4, 0.5) is 5.69 Å². The molecule has 0 unspecified atom stereocenters. The fourth-order valence-corrected chi connectivity index (χ4v) is 1.63. The van der Waals surface area contributed by atoms with E-state index in [1.54, 1.807) is 31.3 Å². The second-order valence-corrected chi connectivity index (χ2v) is 5.05. The monoisotopic (exact) mass is 313 g/mol. The Morgan fingerprint density at radius 1 is 1.19 bits per heavy atom. The third-order valence-electron chi connectivity index (χ3n) is 2.72. The first kappa shape index (κ1) is 19.4. The molecule has 5 nitrogen and oxygen atoms in total. The average molecular weight is 314 g/mol. The van der Waals surface area contributed by atoms with Gasteiger partial charge in [0.1, 0.15) is 0 Å². The number of carbonyl (C=O) groups is 2. The van der Waals surface area contributed by atoms with Gasteiger partial charge >= 0.3 is 0 Å². The van der Waals surface area contributed by atoms with Crippen LogP contribution in [0.1, 0.15) is 30.6 Å². The molecule has 6 heteroatoms. The Kier molecular flexibility index (Phi) is 9.41. The molecule has 0 aromatic heterocycles. The van der Waals surface area contributed by atoms with E-state index in [0.29, 0.717) is 36.7 Å². The number of benzene rings is 1. The van der Waals surface area contributed by atoms with E-state index in [1.807, 2.05) is 13.8 Å². The molecule has 0 fully saturated rings. The molecule has 0 spiro atoms. The van der Waals surface area contributed by atoms with Crippen molar-refractivity contribution in [2.45, 2.75) is 20.3 Å². The molecule has 0 aliphatic rings. The van der Waals surface area contributed by atoms with Crippen molar-refractivity contribution < 1.29 is 9.59 Å². The number of carbonyl (C=O) groups excluding carboxylic acids is 2. The van der Waals surface area contributed by atoms with E-state index in [0.717, 1.165) is 0 Å². The molecule has 0 radical (unpaired) electrons. The molecule has 0 saturated heterocycles. The van der Waals surface area contributed by atoms with Gasteiger partial charge in [0.2, 0.25) is 5.91 Å². The van der Waals surface area contributed by atoms with Crippen molar-refractivity contribution in [3.8, 4) is 0 Å². The van der Waals surface area contributed by atoms with Crippen molar-refractivity contribution >= 4 is 29.9 Å². The number of anilines is 1. The molecule has 1 rings (SSSR count). The molecule has 0 atom stereocenters.